The number of hydrogen-bond acceptors (Lipinski definition) is 0. The van der Waals surface area contributed by atoms with Crippen LogP contribution < -0.4 is 59.1 Å². The molecule has 0 spiro atoms. The van der Waals surface area contributed by atoms with Gasteiger partial charge in [-0.15, -0.1) is 0 Å². The van der Waals surface area contributed by atoms with E-state index in [4.69, 9.17) is 0 Å². The normalized spacial score (nSPS) is 7.70. The second kappa shape index (κ2) is 112. The average Bonchev–Trinajstić information content (AvgIpc) is 2.82. The van der Waals surface area contributed by atoms with E-state index in [-0.39, 0.29) is 222 Å². The van der Waals surface area contributed by atoms with Crippen molar-refractivity contribution in [2.75, 3.05) is 27.2 Å². The number of quaternary nitrogens is 1. The van der Waals surface area contributed by atoms with Crippen molar-refractivity contribution in [2.45, 2.75) is 187 Å². The summed E-state index contributed by atoms with van der Waals surface area (Å²) >= 11 is 0. The first-order valence-electron chi connectivity index (χ1n) is 16.4. The van der Waals surface area contributed by atoms with Crippen molar-refractivity contribution < 1.29 is 158 Å². The van der Waals surface area contributed by atoms with Crippen LogP contribution in [0.25, 0.3) is 0 Å². The van der Waals surface area contributed by atoms with E-state index < -0.39 is 0 Å². The minimum absolute atomic E-state index is 0. The van der Waals surface area contributed by atoms with Gasteiger partial charge in [-0.05, 0) is 25.7 Å². The molecule has 0 aliphatic heterocycles. The largest absolute Gasteiger partial charge is 4.00 e. The van der Waals surface area contributed by atoms with Gasteiger partial charge in [0.25, 0.3) is 0 Å². The Kier molecular flexibility index (Phi) is 275. The molecule has 0 aliphatic carbocycles. The third-order valence-corrected chi connectivity index (χ3v) is 7.98. The van der Waals surface area contributed by atoms with Gasteiger partial charge in [-0.2, -0.15) is 0 Å². The molecular weight excluding hydrogens is 850 g/mol. The monoisotopic (exact) mass is 922 g/mol. The Hall–Kier alpha value is 4.61. The predicted octanol–water partition coefficient (Wildman–Crippen LogP) is 2.10. The topological polar surface area (TPSA) is 316 Å². The Balaban J connectivity index is -0.0000000318. The van der Waals surface area contributed by atoms with Crippen LogP contribution in [0.15, 0.2) is 0 Å². The maximum absolute atomic E-state index is 2.46. The molecule has 0 aliphatic rings. The molecule has 0 rings (SSSR count). The van der Waals surface area contributed by atoms with Crippen molar-refractivity contribution in [1.82, 2.24) is 0 Å². The first-order valence-corrected chi connectivity index (χ1v) is 16.4. The first-order chi connectivity index (χ1) is 16.6. The summed E-state index contributed by atoms with van der Waals surface area (Å²) < 4.78 is 1.25. The molecule has 0 aromatic rings. The van der Waals surface area contributed by atoms with Gasteiger partial charge in [0.2, 0.25) is 0 Å². The van der Waals surface area contributed by atoms with E-state index in [0.29, 0.717) is 0 Å². The van der Waals surface area contributed by atoms with Crippen LogP contribution in [0, 0.1) is 0 Å². The maximum atomic E-state index is 2.46. The average molecular weight is 923 g/mol. The van der Waals surface area contributed by atoms with Gasteiger partial charge in [0, 0.05) is 0 Å². The fraction of sp³-hybridized carbons (Fsp3) is 1.00. The molecule has 0 unspecified atom stereocenters. The van der Waals surface area contributed by atoms with Crippen molar-refractivity contribution in [3.63, 3.8) is 0 Å². The van der Waals surface area contributed by atoms with E-state index in [1.807, 2.05) is 0 Å². The molecule has 304 valence electrons. The predicted molar refractivity (Wildman–Crippen MR) is 191 cm³/mol. The zero-order chi connectivity index (χ0) is 25.0. The van der Waals surface area contributed by atoms with Crippen molar-refractivity contribution >= 4 is 68.7 Å². The van der Waals surface area contributed by atoms with Gasteiger partial charge < -0.3 is 64.7 Å². The molecule has 0 fully saturated rings. The third kappa shape index (κ3) is 119. The second-order valence-corrected chi connectivity index (χ2v) is 12.2. The smallest absolute Gasteiger partial charge is 2.00 e. The summed E-state index contributed by atoms with van der Waals surface area (Å²) in [6.07, 6.45) is 39.4. The minimum atomic E-state index is 0. The van der Waals surface area contributed by atoms with Gasteiger partial charge in [-0.3, -0.25) is 0 Å². The quantitative estimate of drug-likeness (QED) is 0.0592. The van der Waals surface area contributed by atoms with E-state index >= 15 is 0 Å². The van der Waals surface area contributed by atoms with Crippen molar-refractivity contribution in [2.24, 2.45) is 0 Å². The van der Waals surface area contributed by atoms with Gasteiger partial charge in [-0.1, -0.05) is 162 Å². The van der Waals surface area contributed by atoms with Gasteiger partial charge in [0.1, 0.15) is 0 Å². The summed E-state index contributed by atoms with van der Waals surface area (Å²) in [5.41, 5.74) is 0. The SMILES string of the molecule is CCCCCCCCCCCCCCCC[N+](C)(C)CCCCCCCCCCCCCCC.O.[Al+3].[Al+3].[Fe+3].[Fe+3].[Mg+2].[Na+].[Na+].[O-2].[O-2].[O-2].[O-2].[O-2].[O-2].[O-2].[O-2].[O-2].[O-2].[Si+4]. The molecule has 0 atom stereocenters. The first kappa shape index (κ1) is 131. The van der Waals surface area contributed by atoms with Crippen molar-refractivity contribution in [3.8, 4) is 0 Å². The van der Waals surface area contributed by atoms with Crippen LogP contribution >= 0.6 is 0 Å². The summed E-state index contributed by atoms with van der Waals surface area (Å²) in [6, 6.07) is 0. The van der Waals surface area contributed by atoms with Crippen LogP contribution in [-0.4, -0.2) is 106 Å². The molecule has 20 heteroatoms. The summed E-state index contributed by atoms with van der Waals surface area (Å²) in [5.74, 6) is 0. The minimum Gasteiger partial charge on any atom is -2.00 e. The number of unbranched alkanes of at least 4 members (excludes halogenated alkanes) is 25. The molecule has 0 aromatic carbocycles. The van der Waals surface area contributed by atoms with E-state index in [2.05, 4.69) is 27.9 Å². The molecule has 2 N–H and O–H groups in total. The molecule has 0 bridgehead atoms. The molecule has 2 radical (unpaired) electrons. The fourth-order valence-electron chi connectivity index (χ4n) is 5.40. The Morgan fingerprint density at radius 1 is 0.302 bits per heavy atom. The Morgan fingerprint density at radius 2 is 0.415 bits per heavy atom. The van der Waals surface area contributed by atoms with Crippen LogP contribution in [0.4, 0.5) is 0 Å². The molecular formula is C33H72Al2Fe2MgNNa2O11Si+. The number of nitrogens with zero attached hydrogens (tertiary/aromatic N) is 1. The molecule has 0 aromatic heterocycles. The zero-order valence-electron chi connectivity index (χ0n) is 34.6. The van der Waals surface area contributed by atoms with Crippen LogP contribution in [0.1, 0.15) is 187 Å². The summed E-state index contributed by atoms with van der Waals surface area (Å²) in [7, 11) is 4.92. The summed E-state index contributed by atoms with van der Waals surface area (Å²) in [6.45, 7) is 7.38. The van der Waals surface area contributed by atoms with Crippen LogP contribution in [0.3, 0.4) is 0 Å². The van der Waals surface area contributed by atoms with E-state index in [1.54, 1.807) is 0 Å². The second-order valence-electron chi connectivity index (χ2n) is 12.2. The van der Waals surface area contributed by atoms with E-state index in [0.717, 1.165) is 0 Å². The zero-order valence-corrected chi connectivity index (χ0v) is 45.5. The van der Waals surface area contributed by atoms with Gasteiger partial charge in [0.05, 0.1) is 27.2 Å². The molecule has 53 heavy (non-hydrogen) atoms. The van der Waals surface area contributed by atoms with Crippen molar-refractivity contribution in [3.05, 3.63) is 0 Å². The van der Waals surface area contributed by atoms with Crippen LogP contribution in [0.2, 0.25) is 0 Å². The Bertz CT molecular complexity index is 448. The standard InChI is InChI=1S/C33H70N.2Al.2Fe.Mg.2Na.H2O.10O.Si/c1-5-7-9-11-13-15-17-19-21-23-25-27-29-31-33-34(3,4)32-30-28-26-24-22-20-18-16-14-12-10-8-6-2;;;;;;;;;;;;;;;;;;;/h5-33H2,1-4H3;;;;;;;;1H2;;;;;;;;;;;/q+1;4*+3;+2;2*+1;;10*-2;+4. The van der Waals surface area contributed by atoms with Crippen molar-refractivity contribution in [1.29, 1.82) is 0 Å². The fourth-order valence-corrected chi connectivity index (χ4v) is 5.40. The Morgan fingerprint density at radius 3 is 0.547 bits per heavy atom. The molecule has 0 heterocycles. The van der Waals surface area contributed by atoms with Gasteiger partial charge in [0.15, 0.2) is 0 Å². The number of hydrogen-bond donors (Lipinski definition) is 0. The van der Waals surface area contributed by atoms with Gasteiger partial charge in [-0.25, -0.2) is 0 Å². The molecule has 12 nitrogen and oxygen atoms in total. The molecule has 0 saturated carbocycles. The molecule has 0 amide bonds. The number of rotatable bonds is 29. The van der Waals surface area contributed by atoms with Crippen LogP contribution in [0.5, 0.6) is 0 Å². The van der Waals surface area contributed by atoms with Crippen LogP contribution in [-0.2, 0) is 88.9 Å². The summed E-state index contributed by atoms with van der Waals surface area (Å²) in [4.78, 5) is 0. The van der Waals surface area contributed by atoms with E-state index in [9.17, 15) is 0 Å². The maximum Gasteiger partial charge on any atom is 4.00 e. The third-order valence-electron chi connectivity index (χ3n) is 7.98. The Labute approximate surface area is 435 Å². The van der Waals surface area contributed by atoms with Gasteiger partial charge >= 0.3 is 162 Å². The molecule has 0 saturated heterocycles. The van der Waals surface area contributed by atoms with E-state index in [1.165, 1.54) is 191 Å². The summed E-state index contributed by atoms with van der Waals surface area (Å²) in [5, 5.41) is 0.